The highest BCUT2D eigenvalue weighted by Gasteiger charge is 2.26. The number of nitrogens with one attached hydrogen (secondary N) is 2. The first kappa shape index (κ1) is 22.4. The van der Waals surface area contributed by atoms with Crippen molar-refractivity contribution in [2.45, 2.75) is 32.5 Å². The molecule has 0 bridgehead atoms. The van der Waals surface area contributed by atoms with E-state index in [4.69, 9.17) is 9.47 Å². The first-order valence-corrected chi connectivity index (χ1v) is 9.74. The number of hydrogen-bond acceptors (Lipinski definition) is 5. The van der Waals surface area contributed by atoms with Gasteiger partial charge in [-0.05, 0) is 19.4 Å². The van der Waals surface area contributed by atoms with Crippen molar-refractivity contribution in [2.24, 2.45) is 0 Å². The number of ether oxygens (including phenoxy) is 2. The Morgan fingerprint density at radius 3 is 2.81 bits per heavy atom. The van der Waals surface area contributed by atoms with Crippen molar-refractivity contribution in [2.75, 3.05) is 20.3 Å². The quantitative estimate of drug-likeness (QED) is 0.760. The second-order valence-electron chi connectivity index (χ2n) is 7.14. The van der Waals surface area contributed by atoms with Crippen LogP contribution < -0.4 is 20.8 Å². The molecule has 0 spiro atoms. The zero-order valence-corrected chi connectivity index (χ0v) is 17.2. The lowest BCUT2D eigenvalue weighted by Gasteiger charge is -2.22. The van der Waals surface area contributed by atoms with Crippen molar-refractivity contribution < 1.29 is 27.8 Å². The third-order valence-electron chi connectivity index (χ3n) is 4.91. The van der Waals surface area contributed by atoms with Crippen LogP contribution in [-0.4, -0.2) is 42.7 Å². The molecule has 166 valence electrons. The van der Waals surface area contributed by atoms with Gasteiger partial charge in [0.25, 0.3) is 11.8 Å². The molecule has 10 heteroatoms. The number of aromatic nitrogens is 1. The Morgan fingerprint density at radius 1 is 1.32 bits per heavy atom. The van der Waals surface area contributed by atoms with Crippen LogP contribution in [0.4, 0.5) is 8.78 Å². The third kappa shape index (κ3) is 5.08. The normalized spacial score (nSPS) is 16.8. The van der Waals surface area contributed by atoms with Gasteiger partial charge in [0.1, 0.15) is 17.2 Å². The fraction of sp³-hybridized carbons (Fsp3) is 0.381. The summed E-state index contributed by atoms with van der Waals surface area (Å²) in [5.41, 5.74) is -0.999. The Balaban J connectivity index is 1.94. The second kappa shape index (κ2) is 9.69. The molecule has 0 aliphatic carbocycles. The van der Waals surface area contributed by atoms with Gasteiger partial charge in [-0.1, -0.05) is 6.07 Å². The van der Waals surface area contributed by atoms with Crippen LogP contribution >= 0.6 is 0 Å². The number of benzene rings is 1. The number of methoxy groups -OCH3 is 1. The lowest BCUT2D eigenvalue weighted by atomic mass is 10.1. The van der Waals surface area contributed by atoms with E-state index in [2.05, 4.69) is 10.6 Å². The third-order valence-corrected chi connectivity index (χ3v) is 4.91. The fourth-order valence-electron chi connectivity index (χ4n) is 3.23. The first-order valence-electron chi connectivity index (χ1n) is 9.74. The van der Waals surface area contributed by atoms with Crippen molar-refractivity contribution in [3.05, 3.63) is 63.1 Å². The SMILES string of the molecule is COc1c2n(cc(C(=O)NCc3ccc(F)cc3F)c1=O)CCOCCC(C)NC2=O. The van der Waals surface area contributed by atoms with Gasteiger partial charge in [0, 0.05) is 43.6 Å². The number of carbonyl (C=O) groups is 2. The van der Waals surface area contributed by atoms with E-state index in [1.165, 1.54) is 23.9 Å². The maximum absolute atomic E-state index is 13.8. The van der Waals surface area contributed by atoms with Gasteiger partial charge in [0.15, 0.2) is 11.4 Å². The monoisotopic (exact) mass is 435 g/mol. The van der Waals surface area contributed by atoms with Crippen molar-refractivity contribution >= 4 is 11.8 Å². The highest BCUT2D eigenvalue weighted by atomic mass is 19.1. The van der Waals surface area contributed by atoms with E-state index in [1.54, 1.807) is 0 Å². The number of pyridine rings is 1. The lowest BCUT2D eigenvalue weighted by Crippen LogP contribution is -2.39. The van der Waals surface area contributed by atoms with E-state index < -0.39 is 28.9 Å². The minimum absolute atomic E-state index is 0.00835. The predicted octanol–water partition coefficient (Wildman–Crippen LogP) is 1.60. The Morgan fingerprint density at radius 2 is 2.10 bits per heavy atom. The number of amides is 2. The van der Waals surface area contributed by atoms with E-state index in [0.29, 0.717) is 19.1 Å². The maximum atomic E-state index is 13.8. The molecular weight excluding hydrogens is 412 g/mol. The van der Waals surface area contributed by atoms with Gasteiger partial charge < -0.3 is 24.7 Å². The average Bonchev–Trinajstić information content (AvgIpc) is 2.72. The van der Waals surface area contributed by atoms with Crippen molar-refractivity contribution in [3.8, 4) is 5.75 Å². The molecule has 1 aliphatic heterocycles. The molecule has 1 aromatic heterocycles. The van der Waals surface area contributed by atoms with Crippen LogP contribution in [0.2, 0.25) is 0 Å². The summed E-state index contributed by atoms with van der Waals surface area (Å²) in [6, 6.07) is 2.79. The summed E-state index contributed by atoms with van der Waals surface area (Å²) in [6.45, 7) is 2.48. The van der Waals surface area contributed by atoms with E-state index >= 15 is 0 Å². The predicted molar refractivity (Wildman–Crippen MR) is 107 cm³/mol. The first-order chi connectivity index (χ1) is 14.8. The van der Waals surface area contributed by atoms with Gasteiger partial charge in [-0.3, -0.25) is 14.4 Å². The van der Waals surface area contributed by atoms with Crippen LogP contribution in [-0.2, 0) is 17.8 Å². The van der Waals surface area contributed by atoms with Gasteiger partial charge in [0.2, 0.25) is 5.43 Å². The lowest BCUT2D eigenvalue weighted by molar-refractivity contribution is 0.0852. The van der Waals surface area contributed by atoms with Crippen LogP contribution in [0.1, 0.15) is 39.8 Å². The molecule has 1 unspecified atom stereocenters. The van der Waals surface area contributed by atoms with E-state index in [1.807, 2.05) is 6.92 Å². The zero-order valence-electron chi connectivity index (χ0n) is 17.2. The molecule has 2 N–H and O–H groups in total. The molecule has 1 atom stereocenters. The van der Waals surface area contributed by atoms with Crippen LogP contribution in [0.25, 0.3) is 0 Å². The van der Waals surface area contributed by atoms with Crippen molar-refractivity contribution in [1.82, 2.24) is 15.2 Å². The highest BCUT2D eigenvalue weighted by Crippen LogP contribution is 2.17. The van der Waals surface area contributed by atoms with Crippen molar-refractivity contribution in [1.29, 1.82) is 0 Å². The highest BCUT2D eigenvalue weighted by molar-refractivity contribution is 5.98. The number of hydrogen-bond donors (Lipinski definition) is 2. The largest absolute Gasteiger partial charge is 0.491 e. The Hall–Kier alpha value is -3.27. The Labute approximate surface area is 177 Å². The molecular formula is C21H23F2N3O5. The summed E-state index contributed by atoms with van der Waals surface area (Å²) >= 11 is 0. The topological polar surface area (TPSA) is 98.7 Å². The molecule has 2 heterocycles. The molecule has 31 heavy (non-hydrogen) atoms. The molecule has 0 saturated carbocycles. The Kier molecular flexibility index (Phi) is 7.01. The van der Waals surface area contributed by atoms with Gasteiger partial charge >= 0.3 is 0 Å². The maximum Gasteiger partial charge on any atom is 0.272 e. The summed E-state index contributed by atoms with van der Waals surface area (Å²) in [7, 11) is 1.24. The fourth-order valence-corrected chi connectivity index (χ4v) is 3.23. The van der Waals surface area contributed by atoms with E-state index in [0.717, 1.165) is 6.07 Å². The number of rotatable bonds is 4. The van der Waals surface area contributed by atoms with E-state index in [9.17, 15) is 23.2 Å². The zero-order chi connectivity index (χ0) is 22.5. The number of halogens is 2. The van der Waals surface area contributed by atoms with Crippen LogP contribution in [0, 0.1) is 11.6 Å². The van der Waals surface area contributed by atoms with Crippen molar-refractivity contribution in [3.63, 3.8) is 0 Å². The number of fused-ring (bicyclic) bond motifs is 1. The smallest absolute Gasteiger partial charge is 0.272 e. The van der Waals surface area contributed by atoms with Crippen LogP contribution in [0.15, 0.2) is 29.2 Å². The summed E-state index contributed by atoms with van der Waals surface area (Å²) in [6.07, 6.45) is 1.87. The molecule has 8 nitrogen and oxygen atoms in total. The molecule has 0 fully saturated rings. The van der Waals surface area contributed by atoms with Crippen LogP contribution in [0.3, 0.4) is 0 Å². The minimum Gasteiger partial charge on any atom is -0.491 e. The molecule has 2 aromatic rings. The molecule has 3 rings (SSSR count). The molecule has 0 radical (unpaired) electrons. The summed E-state index contributed by atoms with van der Waals surface area (Å²) in [5.74, 6) is -3.11. The van der Waals surface area contributed by atoms with Gasteiger partial charge in [-0.15, -0.1) is 0 Å². The summed E-state index contributed by atoms with van der Waals surface area (Å²) < 4.78 is 39.0. The summed E-state index contributed by atoms with van der Waals surface area (Å²) in [5, 5.41) is 5.22. The molecule has 1 aliphatic rings. The minimum atomic E-state index is -0.817. The van der Waals surface area contributed by atoms with Gasteiger partial charge in [0.05, 0.1) is 13.7 Å². The summed E-state index contributed by atoms with van der Waals surface area (Å²) in [4.78, 5) is 38.3. The average molecular weight is 435 g/mol. The second-order valence-corrected chi connectivity index (χ2v) is 7.14. The van der Waals surface area contributed by atoms with E-state index in [-0.39, 0.29) is 48.3 Å². The van der Waals surface area contributed by atoms with Gasteiger partial charge in [-0.2, -0.15) is 0 Å². The molecule has 2 amide bonds. The number of carbonyl (C=O) groups excluding carboxylic acids is 2. The Bertz CT molecular complexity index is 1050. The molecule has 0 saturated heterocycles. The molecule has 1 aromatic carbocycles. The van der Waals surface area contributed by atoms with Gasteiger partial charge in [-0.25, -0.2) is 8.78 Å². The standard InChI is InChI=1S/C21H23F2N3O5/c1-12-5-7-31-8-6-26-11-15(18(27)19(30-2)17(26)21(29)25-12)20(28)24-10-13-3-4-14(22)9-16(13)23/h3-4,9,11-12H,5-8,10H2,1-2H3,(H,24,28)(H,25,29). The number of nitrogens with zero attached hydrogens (tertiary/aromatic N) is 1. The van der Waals surface area contributed by atoms with Crippen LogP contribution in [0.5, 0.6) is 5.75 Å².